The Kier molecular flexibility index (Phi) is 4.69. The van der Waals surface area contributed by atoms with Gasteiger partial charge in [0.25, 0.3) is 0 Å². The van der Waals surface area contributed by atoms with Crippen molar-refractivity contribution in [2.75, 3.05) is 0 Å². The molecule has 0 aliphatic carbocycles. The van der Waals surface area contributed by atoms with Crippen molar-refractivity contribution in [3.8, 4) is 0 Å². The molecule has 2 atom stereocenters. The molecule has 0 spiro atoms. The molecular formula is C7H13BrO2. The first kappa shape index (κ1) is 9.95. The van der Waals surface area contributed by atoms with Gasteiger partial charge in [-0.05, 0) is 20.3 Å². The van der Waals surface area contributed by atoms with E-state index in [4.69, 9.17) is 4.74 Å². The summed E-state index contributed by atoms with van der Waals surface area (Å²) in [7, 11) is 0. The largest absolute Gasteiger partial charge is 0.462 e. The van der Waals surface area contributed by atoms with E-state index >= 15 is 0 Å². The molecule has 0 saturated carbocycles. The van der Waals surface area contributed by atoms with Gasteiger partial charge in [0.05, 0.1) is 6.10 Å². The van der Waals surface area contributed by atoms with Crippen LogP contribution in [0.2, 0.25) is 0 Å². The highest BCUT2D eigenvalue weighted by molar-refractivity contribution is 9.10. The van der Waals surface area contributed by atoms with E-state index in [2.05, 4.69) is 15.9 Å². The quantitative estimate of drug-likeness (QED) is 0.525. The summed E-state index contributed by atoms with van der Waals surface area (Å²) in [6.45, 7) is 5.62. The van der Waals surface area contributed by atoms with Crippen LogP contribution in [0.3, 0.4) is 0 Å². The first-order valence-electron chi connectivity index (χ1n) is 3.42. The number of ether oxygens (including phenoxy) is 1. The van der Waals surface area contributed by atoms with Gasteiger partial charge >= 0.3 is 5.97 Å². The van der Waals surface area contributed by atoms with Crippen LogP contribution < -0.4 is 0 Å². The van der Waals surface area contributed by atoms with Gasteiger partial charge in [-0.1, -0.05) is 22.9 Å². The fourth-order valence-corrected chi connectivity index (χ4v) is 0.483. The standard InChI is InChI=1S/C7H13BrO2/c1-4-5(2)10-7(9)6(3)8/h5-6H,4H2,1-3H3. The third-order valence-electron chi connectivity index (χ3n) is 1.22. The van der Waals surface area contributed by atoms with Gasteiger partial charge in [0.2, 0.25) is 0 Å². The molecule has 0 radical (unpaired) electrons. The molecule has 0 rings (SSSR count). The third kappa shape index (κ3) is 3.88. The molecule has 0 bridgehead atoms. The summed E-state index contributed by atoms with van der Waals surface area (Å²) in [5.41, 5.74) is 0. The lowest BCUT2D eigenvalue weighted by atomic mass is 10.3. The van der Waals surface area contributed by atoms with Crippen LogP contribution in [0.15, 0.2) is 0 Å². The van der Waals surface area contributed by atoms with Crippen molar-refractivity contribution in [3.05, 3.63) is 0 Å². The fraction of sp³-hybridized carbons (Fsp3) is 0.857. The number of alkyl halides is 1. The van der Waals surface area contributed by atoms with Crippen LogP contribution in [0.5, 0.6) is 0 Å². The van der Waals surface area contributed by atoms with E-state index < -0.39 is 0 Å². The van der Waals surface area contributed by atoms with Gasteiger partial charge in [-0.3, -0.25) is 4.79 Å². The van der Waals surface area contributed by atoms with Gasteiger partial charge in [-0.25, -0.2) is 0 Å². The second-order valence-corrected chi connectivity index (χ2v) is 3.65. The Balaban J connectivity index is 3.57. The van der Waals surface area contributed by atoms with Crippen molar-refractivity contribution < 1.29 is 9.53 Å². The molecule has 60 valence electrons. The van der Waals surface area contributed by atoms with Crippen molar-refractivity contribution in [2.24, 2.45) is 0 Å². The molecule has 0 aromatic carbocycles. The fourth-order valence-electron chi connectivity index (χ4n) is 0.375. The number of esters is 1. The molecule has 3 heteroatoms. The lowest BCUT2D eigenvalue weighted by molar-refractivity contribution is -0.147. The first-order chi connectivity index (χ1) is 4.57. The van der Waals surface area contributed by atoms with E-state index in [-0.39, 0.29) is 16.9 Å². The van der Waals surface area contributed by atoms with Gasteiger partial charge in [-0.2, -0.15) is 0 Å². The van der Waals surface area contributed by atoms with Gasteiger partial charge in [0, 0.05) is 0 Å². The topological polar surface area (TPSA) is 26.3 Å². The minimum absolute atomic E-state index is 0.0347. The summed E-state index contributed by atoms with van der Waals surface area (Å²) < 4.78 is 4.98. The Hall–Kier alpha value is -0.0500. The van der Waals surface area contributed by atoms with Gasteiger partial charge in [0.15, 0.2) is 0 Å². The van der Waals surface area contributed by atoms with Crippen molar-refractivity contribution in [3.63, 3.8) is 0 Å². The minimum Gasteiger partial charge on any atom is -0.462 e. The molecule has 0 saturated heterocycles. The van der Waals surface area contributed by atoms with Crippen molar-refractivity contribution in [1.82, 2.24) is 0 Å². The van der Waals surface area contributed by atoms with E-state index in [9.17, 15) is 4.79 Å². The van der Waals surface area contributed by atoms with Crippen LogP contribution in [0.4, 0.5) is 0 Å². The molecule has 2 unspecified atom stereocenters. The van der Waals surface area contributed by atoms with Crippen LogP contribution in [-0.4, -0.2) is 16.9 Å². The monoisotopic (exact) mass is 208 g/mol. The van der Waals surface area contributed by atoms with Crippen molar-refractivity contribution >= 4 is 21.9 Å². The molecule has 0 aromatic heterocycles. The number of hydrogen-bond acceptors (Lipinski definition) is 2. The van der Waals surface area contributed by atoms with Crippen molar-refractivity contribution in [1.29, 1.82) is 0 Å². The normalized spacial score (nSPS) is 16.0. The molecule has 0 aromatic rings. The zero-order chi connectivity index (χ0) is 8.15. The highest BCUT2D eigenvalue weighted by Gasteiger charge is 2.12. The Morgan fingerprint density at radius 2 is 2.10 bits per heavy atom. The summed E-state index contributed by atoms with van der Waals surface area (Å²) >= 11 is 3.12. The van der Waals surface area contributed by atoms with Gasteiger partial charge in [0.1, 0.15) is 4.83 Å². The molecule has 0 amide bonds. The summed E-state index contributed by atoms with van der Waals surface area (Å²) in [4.78, 5) is 10.6. The first-order valence-corrected chi connectivity index (χ1v) is 4.34. The summed E-state index contributed by atoms with van der Waals surface area (Å²) in [6.07, 6.45) is 0.901. The maximum Gasteiger partial charge on any atom is 0.319 e. The molecule has 0 heterocycles. The Morgan fingerprint density at radius 1 is 1.60 bits per heavy atom. The zero-order valence-electron chi connectivity index (χ0n) is 6.56. The van der Waals surface area contributed by atoms with E-state index in [1.807, 2.05) is 13.8 Å². The Bertz CT molecular complexity index is 112. The van der Waals surface area contributed by atoms with E-state index in [1.54, 1.807) is 6.92 Å². The lowest BCUT2D eigenvalue weighted by Crippen LogP contribution is -2.19. The predicted octanol–water partition coefficient (Wildman–Crippen LogP) is 2.11. The van der Waals surface area contributed by atoms with Crippen LogP contribution in [-0.2, 0) is 9.53 Å². The average Bonchev–Trinajstić information content (AvgIpc) is 1.87. The molecule has 0 N–H and O–H groups in total. The maximum absolute atomic E-state index is 10.8. The maximum atomic E-state index is 10.8. The minimum atomic E-state index is -0.193. The zero-order valence-corrected chi connectivity index (χ0v) is 8.14. The van der Waals surface area contributed by atoms with Gasteiger partial charge < -0.3 is 4.74 Å². The number of halogens is 1. The molecule has 0 aliphatic heterocycles. The Morgan fingerprint density at radius 3 is 2.40 bits per heavy atom. The summed E-state index contributed by atoms with van der Waals surface area (Å²) in [5.74, 6) is -0.186. The summed E-state index contributed by atoms with van der Waals surface area (Å²) in [5, 5.41) is 0. The highest BCUT2D eigenvalue weighted by Crippen LogP contribution is 2.04. The van der Waals surface area contributed by atoms with E-state index in [0.29, 0.717) is 0 Å². The number of hydrogen-bond donors (Lipinski definition) is 0. The van der Waals surface area contributed by atoms with Crippen LogP contribution in [0.1, 0.15) is 27.2 Å². The smallest absolute Gasteiger partial charge is 0.319 e. The Labute approximate surface area is 70.1 Å². The SMILES string of the molecule is CCC(C)OC(=O)C(C)Br. The molecule has 2 nitrogen and oxygen atoms in total. The van der Waals surface area contributed by atoms with E-state index in [1.165, 1.54) is 0 Å². The number of carbonyl (C=O) groups is 1. The van der Waals surface area contributed by atoms with Crippen LogP contribution >= 0.6 is 15.9 Å². The molecular weight excluding hydrogens is 196 g/mol. The van der Waals surface area contributed by atoms with Gasteiger partial charge in [-0.15, -0.1) is 0 Å². The number of carbonyl (C=O) groups excluding carboxylic acids is 1. The van der Waals surface area contributed by atoms with Crippen LogP contribution in [0.25, 0.3) is 0 Å². The lowest BCUT2D eigenvalue weighted by Gasteiger charge is -2.11. The third-order valence-corrected chi connectivity index (χ3v) is 1.59. The average molecular weight is 209 g/mol. The number of rotatable bonds is 3. The van der Waals surface area contributed by atoms with E-state index in [0.717, 1.165) is 6.42 Å². The van der Waals surface area contributed by atoms with Crippen molar-refractivity contribution in [2.45, 2.75) is 38.1 Å². The van der Waals surface area contributed by atoms with Crippen LogP contribution in [0, 0.1) is 0 Å². The highest BCUT2D eigenvalue weighted by atomic mass is 79.9. The predicted molar refractivity (Wildman–Crippen MR) is 44.2 cm³/mol. The molecule has 0 fully saturated rings. The molecule has 10 heavy (non-hydrogen) atoms. The summed E-state index contributed by atoms with van der Waals surface area (Å²) in [6, 6.07) is 0. The second-order valence-electron chi connectivity index (χ2n) is 2.27. The second kappa shape index (κ2) is 4.72. The molecule has 0 aliphatic rings.